The number of fused-ring (bicyclic) bond motifs is 2. The highest BCUT2D eigenvalue weighted by Gasteiger charge is 2.25. The van der Waals surface area contributed by atoms with E-state index >= 15 is 0 Å². The van der Waals surface area contributed by atoms with Gasteiger partial charge < -0.3 is 5.73 Å². The summed E-state index contributed by atoms with van der Waals surface area (Å²) in [5.41, 5.74) is 7.65. The van der Waals surface area contributed by atoms with E-state index in [1.165, 1.54) is 12.1 Å². The van der Waals surface area contributed by atoms with Crippen molar-refractivity contribution < 1.29 is 8.42 Å². The molecule has 3 rings (SSSR count). The number of anilines is 1. The van der Waals surface area contributed by atoms with Crippen LogP contribution < -0.4 is 5.73 Å². The van der Waals surface area contributed by atoms with Gasteiger partial charge in [0.1, 0.15) is 0 Å². The van der Waals surface area contributed by atoms with Crippen molar-refractivity contribution in [3.63, 3.8) is 0 Å². The summed E-state index contributed by atoms with van der Waals surface area (Å²) in [5, 5.41) is 8.93. The Kier molecular flexibility index (Phi) is 2.63. The molecule has 4 nitrogen and oxygen atoms in total. The molecule has 0 aromatic heterocycles. The molecule has 0 aliphatic carbocycles. The molecule has 98 valence electrons. The lowest BCUT2D eigenvalue weighted by atomic mass is 10.1. The molecule has 1 heterocycles. The van der Waals surface area contributed by atoms with E-state index in [2.05, 4.69) is 0 Å². The molecule has 0 fully saturated rings. The van der Waals surface area contributed by atoms with Gasteiger partial charge in [0.2, 0.25) is 9.84 Å². The average Bonchev–Trinajstić information content (AvgIpc) is 2.54. The first-order valence-corrected chi connectivity index (χ1v) is 7.37. The van der Waals surface area contributed by atoms with Crippen LogP contribution in [0.15, 0.2) is 46.2 Å². The molecule has 5 heteroatoms. The quantitative estimate of drug-likeness (QED) is 0.642. The number of hydrogen-bond acceptors (Lipinski definition) is 4. The molecule has 2 aromatic rings. The Labute approximate surface area is 116 Å². The molecule has 0 saturated heterocycles. The normalized spacial score (nSPS) is 14.8. The second-order valence-corrected chi connectivity index (χ2v) is 6.38. The number of rotatable bonds is 0. The van der Waals surface area contributed by atoms with Crippen molar-refractivity contribution in [2.45, 2.75) is 9.79 Å². The molecule has 0 radical (unpaired) electrons. The number of nitrogen functional groups attached to an aromatic ring is 1. The number of benzene rings is 2. The molecule has 0 bridgehead atoms. The van der Waals surface area contributed by atoms with Crippen molar-refractivity contribution in [3.8, 4) is 6.07 Å². The second-order valence-electron chi connectivity index (χ2n) is 4.50. The molecule has 2 aromatic carbocycles. The summed E-state index contributed by atoms with van der Waals surface area (Å²) in [6.07, 6.45) is 3.44. The summed E-state index contributed by atoms with van der Waals surface area (Å²) in [7, 11) is -3.66. The summed E-state index contributed by atoms with van der Waals surface area (Å²) >= 11 is 0. The molecule has 0 spiro atoms. The molecule has 0 unspecified atom stereocenters. The molecular formula is C15H10N2O2S. The maximum atomic E-state index is 12.7. The fourth-order valence-corrected chi connectivity index (χ4v) is 3.86. The standard InChI is InChI=1S/C15H10N2O2S/c16-9-10-1-2-11-3-4-12-8-13(17)5-6-14(12)20(18,19)15(11)7-10/h1-8H,17H2. The number of sulfone groups is 1. The first-order valence-electron chi connectivity index (χ1n) is 5.89. The first kappa shape index (κ1) is 12.5. The van der Waals surface area contributed by atoms with Gasteiger partial charge in [-0.05, 0) is 41.5 Å². The van der Waals surface area contributed by atoms with Crippen LogP contribution in [-0.2, 0) is 9.84 Å². The molecule has 0 saturated carbocycles. The Morgan fingerprint density at radius 1 is 0.950 bits per heavy atom. The number of nitrogens with zero attached hydrogens (tertiary/aromatic N) is 1. The van der Waals surface area contributed by atoms with E-state index in [-0.39, 0.29) is 9.79 Å². The largest absolute Gasteiger partial charge is 0.399 e. The third-order valence-corrected chi connectivity index (χ3v) is 5.08. The summed E-state index contributed by atoms with van der Waals surface area (Å²) in [6, 6.07) is 11.3. The zero-order valence-corrected chi connectivity index (χ0v) is 11.2. The monoisotopic (exact) mass is 282 g/mol. The van der Waals surface area contributed by atoms with E-state index in [4.69, 9.17) is 11.0 Å². The maximum Gasteiger partial charge on any atom is 0.207 e. The SMILES string of the molecule is N#Cc1ccc2c(c1)S(=O)(=O)c1ccc(N)cc1C=C2. The summed E-state index contributed by atoms with van der Waals surface area (Å²) in [5.74, 6) is 0. The van der Waals surface area contributed by atoms with E-state index < -0.39 is 9.84 Å². The van der Waals surface area contributed by atoms with Crippen LogP contribution in [0.2, 0.25) is 0 Å². The Morgan fingerprint density at radius 2 is 1.70 bits per heavy atom. The minimum atomic E-state index is -3.66. The van der Waals surface area contributed by atoms with Crippen molar-refractivity contribution in [1.82, 2.24) is 0 Å². The Balaban J connectivity index is 2.38. The van der Waals surface area contributed by atoms with Crippen LogP contribution in [0.1, 0.15) is 16.7 Å². The van der Waals surface area contributed by atoms with Gasteiger partial charge >= 0.3 is 0 Å². The first-order chi connectivity index (χ1) is 9.52. The molecule has 2 N–H and O–H groups in total. The van der Waals surface area contributed by atoms with Crippen molar-refractivity contribution in [2.75, 3.05) is 5.73 Å². The topological polar surface area (TPSA) is 84.0 Å². The molecule has 0 atom stereocenters. The van der Waals surface area contributed by atoms with Gasteiger partial charge in [-0.2, -0.15) is 5.26 Å². The Morgan fingerprint density at radius 3 is 2.45 bits per heavy atom. The fraction of sp³-hybridized carbons (Fsp3) is 0. The minimum absolute atomic E-state index is 0.149. The average molecular weight is 282 g/mol. The van der Waals surface area contributed by atoms with Gasteiger partial charge in [-0.1, -0.05) is 18.2 Å². The zero-order chi connectivity index (χ0) is 14.3. The zero-order valence-electron chi connectivity index (χ0n) is 10.4. The third-order valence-electron chi connectivity index (χ3n) is 3.20. The lowest BCUT2D eigenvalue weighted by Crippen LogP contribution is -2.05. The van der Waals surface area contributed by atoms with Crippen LogP contribution in [-0.4, -0.2) is 8.42 Å². The van der Waals surface area contributed by atoms with Crippen molar-refractivity contribution in [1.29, 1.82) is 5.26 Å². The van der Waals surface area contributed by atoms with E-state index in [1.807, 2.05) is 6.07 Å². The highest BCUT2D eigenvalue weighted by Crippen LogP contribution is 2.33. The third kappa shape index (κ3) is 1.78. The van der Waals surface area contributed by atoms with Crippen LogP contribution in [0.5, 0.6) is 0 Å². The number of nitriles is 1. The predicted molar refractivity (Wildman–Crippen MR) is 76.4 cm³/mol. The van der Waals surface area contributed by atoms with Gasteiger partial charge in [0.05, 0.1) is 21.4 Å². The molecule has 0 amide bonds. The van der Waals surface area contributed by atoms with E-state index in [0.29, 0.717) is 22.4 Å². The van der Waals surface area contributed by atoms with Crippen LogP contribution in [0.4, 0.5) is 5.69 Å². The summed E-state index contributed by atoms with van der Waals surface area (Å²) in [6.45, 7) is 0. The highest BCUT2D eigenvalue weighted by molar-refractivity contribution is 7.91. The maximum absolute atomic E-state index is 12.7. The van der Waals surface area contributed by atoms with Gasteiger partial charge in [-0.3, -0.25) is 0 Å². The van der Waals surface area contributed by atoms with Gasteiger partial charge in [-0.25, -0.2) is 8.42 Å². The van der Waals surface area contributed by atoms with Crippen molar-refractivity contribution in [3.05, 3.63) is 53.1 Å². The van der Waals surface area contributed by atoms with E-state index in [9.17, 15) is 8.42 Å². The number of nitrogens with two attached hydrogens (primary N) is 1. The fourth-order valence-electron chi connectivity index (χ4n) is 2.21. The van der Waals surface area contributed by atoms with Crippen LogP contribution in [0.25, 0.3) is 12.2 Å². The molecule has 20 heavy (non-hydrogen) atoms. The molecular weight excluding hydrogens is 272 g/mol. The van der Waals surface area contributed by atoms with E-state index in [0.717, 1.165) is 0 Å². The van der Waals surface area contributed by atoms with Crippen LogP contribution >= 0.6 is 0 Å². The predicted octanol–water partition coefficient (Wildman–Crippen LogP) is 2.46. The minimum Gasteiger partial charge on any atom is -0.399 e. The Bertz CT molecular complexity index is 891. The van der Waals surface area contributed by atoms with Gasteiger partial charge in [0.15, 0.2) is 0 Å². The van der Waals surface area contributed by atoms with E-state index in [1.54, 1.807) is 36.4 Å². The van der Waals surface area contributed by atoms with Crippen molar-refractivity contribution in [2.24, 2.45) is 0 Å². The molecule has 1 aliphatic heterocycles. The molecule has 1 aliphatic rings. The Hall–Kier alpha value is -2.58. The number of hydrogen-bond donors (Lipinski definition) is 1. The summed E-state index contributed by atoms with van der Waals surface area (Å²) in [4.78, 5) is 0.355. The van der Waals surface area contributed by atoms with Gasteiger partial charge in [0.25, 0.3) is 0 Å². The summed E-state index contributed by atoms with van der Waals surface area (Å²) < 4.78 is 25.4. The van der Waals surface area contributed by atoms with Crippen LogP contribution in [0.3, 0.4) is 0 Å². The van der Waals surface area contributed by atoms with Crippen LogP contribution in [0, 0.1) is 11.3 Å². The van der Waals surface area contributed by atoms with Gasteiger partial charge in [-0.15, -0.1) is 0 Å². The lowest BCUT2D eigenvalue weighted by molar-refractivity contribution is 0.596. The van der Waals surface area contributed by atoms with Gasteiger partial charge in [0, 0.05) is 5.69 Å². The highest BCUT2D eigenvalue weighted by atomic mass is 32.2. The lowest BCUT2D eigenvalue weighted by Gasteiger charge is -2.08. The smallest absolute Gasteiger partial charge is 0.207 e. The second kappa shape index (κ2) is 4.22. The van der Waals surface area contributed by atoms with Crippen molar-refractivity contribution >= 4 is 27.7 Å².